The van der Waals surface area contributed by atoms with Crippen LogP contribution in [0, 0.1) is 0 Å². The Morgan fingerprint density at radius 2 is 1.86 bits per heavy atom. The molecule has 0 aromatic heterocycles. The van der Waals surface area contributed by atoms with Crippen molar-refractivity contribution in [1.29, 1.82) is 0 Å². The maximum atomic E-state index is 12.5. The van der Waals surface area contributed by atoms with Crippen molar-refractivity contribution in [3.63, 3.8) is 0 Å². The number of carbonyl (C=O) groups excluding carboxylic acids is 2. The Morgan fingerprint density at radius 1 is 1.19 bits per heavy atom. The zero-order valence-corrected chi connectivity index (χ0v) is 12.8. The molecular weight excluding hydrogens is 260 g/mol. The van der Waals surface area contributed by atoms with Crippen LogP contribution in [0.4, 0.5) is 0 Å². The van der Waals surface area contributed by atoms with Gasteiger partial charge in [-0.15, -0.1) is 0 Å². The molecule has 0 fully saturated rings. The average molecular weight is 282 g/mol. The van der Waals surface area contributed by atoms with Crippen molar-refractivity contribution in [1.82, 2.24) is 0 Å². The topological polar surface area (TPSA) is 34.1 Å². The van der Waals surface area contributed by atoms with Gasteiger partial charge in [0.1, 0.15) is 0 Å². The van der Waals surface area contributed by atoms with Gasteiger partial charge in [0.25, 0.3) is 0 Å². The maximum absolute atomic E-state index is 12.5. The molecule has 0 aliphatic rings. The summed E-state index contributed by atoms with van der Waals surface area (Å²) in [5, 5.41) is 0. The van der Waals surface area contributed by atoms with Crippen molar-refractivity contribution in [3.8, 4) is 0 Å². The smallest absolute Gasteiger partial charge is 0.184 e. The van der Waals surface area contributed by atoms with E-state index in [4.69, 9.17) is 0 Å². The van der Waals surface area contributed by atoms with Crippen LogP contribution in [0.2, 0.25) is 0 Å². The molecule has 0 unspecified atom stereocenters. The monoisotopic (exact) mass is 282 g/mol. The van der Waals surface area contributed by atoms with Gasteiger partial charge in [0.2, 0.25) is 0 Å². The number of benzene rings is 1. The number of unbranched alkanes of at least 4 members (excludes halogenated alkanes) is 1. The minimum Gasteiger partial charge on any atom is -0.290 e. The fraction of sp³-hybridized carbons (Fsp3) is 0.263. The van der Waals surface area contributed by atoms with E-state index >= 15 is 0 Å². The molecule has 0 aliphatic carbocycles. The SMILES string of the molecule is C=CC(=O)C=C(C)C(=O)C(=Cc1ccccc1)CCCC. The third-order valence-electron chi connectivity index (χ3n) is 3.15. The van der Waals surface area contributed by atoms with Crippen LogP contribution in [-0.4, -0.2) is 11.6 Å². The summed E-state index contributed by atoms with van der Waals surface area (Å²) >= 11 is 0. The Kier molecular flexibility index (Phi) is 7.10. The fourth-order valence-corrected chi connectivity index (χ4v) is 1.96. The first-order chi connectivity index (χ1) is 10.1. The molecule has 21 heavy (non-hydrogen) atoms. The Morgan fingerprint density at radius 3 is 2.43 bits per heavy atom. The molecule has 0 saturated carbocycles. The van der Waals surface area contributed by atoms with E-state index in [1.807, 2.05) is 36.4 Å². The molecule has 0 aliphatic heterocycles. The van der Waals surface area contributed by atoms with Crippen LogP contribution in [0.1, 0.15) is 38.7 Å². The van der Waals surface area contributed by atoms with Crippen LogP contribution < -0.4 is 0 Å². The number of allylic oxidation sites excluding steroid dienone is 4. The average Bonchev–Trinajstić information content (AvgIpc) is 2.51. The Balaban J connectivity index is 3.05. The number of ketones is 2. The van der Waals surface area contributed by atoms with Crippen LogP contribution in [0.3, 0.4) is 0 Å². The fourth-order valence-electron chi connectivity index (χ4n) is 1.96. The highest BCUT2D eigenvalue weighted by Gasteiger charge is 2.12. The van der Waals surface area contributed by atoms with Crippen LogP contribution in [0.25, 0.3) is 6.08 Å². The van der Waals surface area contributed by atoms with Gasteiger partial charge in [-0.1, -0.05) is 50.3 Å². The minimum absolute atomic E-state index is 0.0671. The summed E-state index contributed by atoms with van der Waals surface area (Å²) < 4.78 is 0. The summed E-state index contributed by atoms with van der Waals surface area (Å²) in [6.45, 7) is 7.18. The van der Waals surface area contributed by atoms with Crippen LogP contribution in [-0.2, 0) is 9.59 Å². The highest BCUT2D eigenvalue weighted by atomic mass is 16.1. The first-order valence-electron chi connectivity index (χ1n) is 7.23. The molecule has 0 atom stereocenters. The van der Waals surface area contributed by atoms with Crippen molar-refractivity contribution >= 4 is 17.6 Å². The zero-order chi connectivity index (χ0) is 15.7. The maximum Gasteiger partial charge on any atom is 0.184 e. The first-order valence-corrected chi connectivity index (χ1v) is 7.23. The molecule has 0 radical (unpaired) electrons. The predicted molar refractivity (Wildman–Crippen MR) is 87.9 cm³/mol. The van der Waals surface area contributed by atoms with Gasteiger partial charge in [0.05, 0.1) is 0 Å². The van der Waals surface area contributed by atoms with Gasteiger partial charge >= 0.3 is 0 Å². The lowest BCUT2D eigenvalue weighted by Crippen LogP contribution is -2.06. The second-order valence-electron chi connectivity index (χ2n) is 4.95. The Bertz CT molecular complexity index is 562. The minimum atomic E-state index is -0.240. The van der Waals surface area contributed by atoms with Gasteiger partial charge in [-0.3, -0.25) is 9.59 Å². The van der Waals surface area contributed by atoms with Crippen molar-refractivity contribution < 1.29 is 9.59 Å². The van der Waals surface area contributed by atoms with Gasteiger partial charge in [-0.25, -0.2) is 0 Å². The number of hydrogen-bond donors (Lipinski definition) is 0. The van der Waals surface area contributed by atoms with Gasteiger partial charge in [0, 0.05) is 11.1 Å². The number of hydrogen-bond acceptors (Lipinski definition) is 2. The molecule has 1 aromatic rings. The van der Waals surface area contributed by atoms with Crippen molar-refractivity contribution in [2.45, 2.75) is 33.1 Å². The summed E-state index contributed by atoms with van der Waals surface area (Å²) in [7, 11) is 0. The Labute approximate surface area is 126 Å². The molecule has 2 nitrogen and oxygen atoms in total. The third-order valence-corrected chi connectivity index (χ3v) is 3.15. The summed E-state index contributed by atoms with van der Waals surface area (Å²) in [5.74, 6) is -0.307. The number of carbonyl (C=O) groups is 2. The van der Waals surface area contributed by atoms with E-state index in [2.05, 4.69) is 13.5 Å². The molecule has 0 amide bonds. The second-order valence-corrected chi connectivity index (χ2v) is 4.95. The Hall–Kier alpha value is -2.22. The lowest BCUT2D eigenvalue weighted by Gasteiger charge is -2.07. The quantitative estimate of drug-likeness (QED) is 0.656. The predicted octanol–water partition coefficient (Wildman–Crippen LogP) is 4.53. The molecule has 0 saturated heterocycles. The van der Waals surface area contributed by atoms with Crippen molar-refractivity contribution in [2.24, 2.45) is 0 Å². The van der Waals surface area contributed by atoms with Crippen LogP contribution in [0.5, 0.6) is 0 Å². The second kappa shape index (κ2) is 8.85. The molecule has 0 heterocycles. The third kappa shape index (κ3) is 5.74. The lowest BCUT2D eigenvalue weighted by molar-refractivity contribution is -0.113. The first kappa shape index (κ1) is 16.8. The largest absolute Gasteiger partial charge is 0.290 e. The van der Waals surface area contributed by atoms with E-state index in [0.717, 1.165) is 30.4 Å². The van der Waals surface area contributed by atoms with Crippen molar-refractivity contribution in [3.05, 3.63) is 65.8 Å². The highest BCUT2D eigenvalue weighted by Crippen LogP contribution is 2.17. The van der Waals surface area contributed by atoms with E-state index in [9.17, 15) is 9.59 Å². The molecule has 0 bridgehead atoms. The van der Waals surface area contributed by atoms with Crippen molar-refractivity contribution in [2.75, 3.05) is 0 Å². The van der Waals surface area contributed by atoms with Gasteiger partial charge in [-0.05, 0) is 43.6 Å². The highest BCUT2D eigenvalue weighted by molar-refractivity contribution is 6.14. The molecule has 2 heteroatoms. The summed E-state index contributed by atoms with van der Waals surface area (Å²) in [4.78, 5) is 23.8. The lowest BCUT2D eigenvalue weighted by atomic mass is 9.96. The van der Waals surface area contributed by atoms with E-state index in [1.165, 1.54) is 12.2 Å². The zero-order valence-electron chi connectivity index (χ0n) is 12.8. The molecular formula is C19H22O2. The molecule has 1 rings (SSSR count). The van der Waals surface area contributed by atoms with Gasteiger partial charge in [0.15, 0.2) is 11.6 Å². The normalized spacial score (nSPS) is 12.1. The summed E-state index contributed by atoms with van der Waals surface area (Å²) in [5.41, 5.74) is 2.20. The van der Waals surface area contributed by atoms with Crippen LogP contribution in [0.15, 0.2) is 60.2 Å². The standard InChI is InChI=1S/C19H22O2/c1-4-6-12-17(14-16-10-8-7-9-11-16)19(21)15(3)13-18(20)5-2/h5,7-11,13-14H,2,4,6,12H2,1,3H3. The van der Waals surface area contributed by atoms with E-state index < -0.39 is 0 Å². The number of Topliss-reactive ketones (excluding diaryl/α,β-unsaturated/α-hetero) is 1. The van der Waals surface area contributed by atoms with Gasteiger partial charge in [-0.2, -0.15) is 0 Å². The van der Waals surface area contributed by atoms with E-state index in [1.54, 1.807) is 6.92 Å². The van der Waals surface area contributed by atoms with E-state index in [0.29, 0.717) is 5.57 Å². The summed E-state index contributed by atoms with van der Waals surface area (Å²) in [6.07, 6.45) is 7.16. The van der Waals surface area contributed by atoms with E-state index in [-0.39, 0.29) is 11.6 Å². The molecule has 0 N–H and O–H groups in total. The summed E-state index contributed by atoms with van der Waals surface area (Å²) in [6, 6.07) is 9.76. The molecule has 1 aromatic carbocycles. The van der Waals surface area contributed by atoms with Crippen LogP contribution >= 0.6 is 0 Å². The number of rotatable bonds is 8. The molecule has 0 spiro atoms. The molecule has 110 valence electrons. The van der Waals surface area contributed by atoms with Gasteiger partial charge < -0.3 is 0 Å².